The Hall–Kier alpha value is -0.280. The molecule has 0 aromatic carbocycles. The maximum absolute atomic E-state index is 12.1. The van der Waals surface area contributed by atoms with Gasteiger partial charge in [-0.2, -0.15) is 0 Å². The third kappa shape index (κ3) is 2.60. The molecule has 2 aliphatic carbocycles. The molecule has 1 unspecified atom stereocenters. The number of carbonyl (C=O) groups excluding carboxylic acids is 1. The summed E-state index contributed by atoms with van der Waals surface area (Å²) in [6.45, 7) is 2.21. The lowest BCUT2D eigenvalue weighted by Crippen LogP contribution is -2.37. The average Bonchev–Trinajstić information content (AvgIpc) is 2.76. The fraction of sp³-hybridized carbons (Fsp3) is 0.923. The van der Waals surface area contributed by atoms with Crippen molar-refractivity contribution in [3.8, 4) is 0 Å². The van der Waals surface area contributed by atoms with E-state index >= 15 is 0 Å². The molecule has 1 spiro atoms. The van der Waals surface area contributed by atoms with E-state index in [2.05, 4.69) is 10.6 Å². The molecule has 0 bridgehead atoms. The highest BCUT2D eigenvalue weighted by Crippen LogP contribution is 2.58. The molecule has 3 fully saturated rings. The molecule has 1 heterocycles. The van der Waals surface area contributed by atoms with Crippen LogP contribution in [0.1, 0.15) is 44.9 Å². The lowest BCUT2D eigenvalue weighted by Gasteiger charge is -2.23. The molecule has 2 N–H and O–H groups in total. The molecule has 0 aromatic rings. The zero-order chi connectivity index (χ0) is 11.0. The van der Waals surface area contributed by atoms with Gasteiger partial charge in [-0.3, -0.25) is 4.79 Å². The quantitative estimate of drug-likeness (QED) is 0.794. The van der Waals surface area contributed by atoms with Crippen molar-refractivity contribution in [2.45, 2.75) is 51.0 Å². The van der Waals surface area contributed by atoms with Crippen molar-refractivity contribution >= 4 is 18.3 Å². The summed E-state index contributed by atoms with van der Waals surface area (Å²) in [6, 6.07) is 0.492. The van der Waals surface area contributed by atoms with Crippen molar-refractivity contribution in [1.29, 1.82) is 0 Å². The van der Waals surface area contributed by atoms with Crippen LogP contribution in [0.5, 0.6) is 0 Å². The maximum Gasteiger partial charge on any atom is 0.223 e. The highest BCUT2D eigenvalue weighted by Gasteiger charge is 2.57. The summed E-state index contributed by atoms with van der Waals surface area (Å²) < 4.78 is 0. The van der Waals surface area contributed by atoms with Crippen LogP contribution in [-0.2, 0) is 4.79 Å². The lowest BCUT2D eigenvalue weighted by atomic mass is 9.91. The van der Waals surface area contributed by atoms with E-state index in [1.54, 1.807) is 0 Å². The smallest absolute Gasteiger partial charge is 0.223 e. The minimum absolute atomic E-state index is 0. The monoisotopic (exact) mass is 258 g/mol. The van der Waals surface area contributed by atoms with Gasteiger partial charge in [-0.05, 0) is 50.6 Å². The predicted molar refractivity (Wildman–Crippen MR) is 70.3 cm³/mol. The van der Waals surface area contributed by atoms with Gasteiger partial charge in [-0.25, -0.2) is 0 Å². The lowest BCUT2D eigenvalue weighted by molar-refractivity contribution is -0.124. The van der Waals surface area contributed by atoms with Crippen LogP contribution in [0.2, 0.25) is 0 Å². The summed E-state index contributed by atoms with van der Waals surface area (Å²) in [7, 11) is 0. The molecule has 2 saturated carbocycles. The number of nitrogens with one attached hydrogen (secondary N) is 2. The Morgan fingerprint density at radius 3 is 2.47 bits per heavy atom. The van der Waals surface area contributed by atoms with Gasteiger partial charge >= 0.3 is 0 Å². The van der Waals surface area contributed by atoms with Crippen LogP contribution in [0.25, 0.3) is 0 Å². The van der Waals surface area contributed by atoms with E-state index in [0.717, 1.165) is 19.5 Å². The third-order valence-corrected chi connectivity index (χ3v) is 4.81. The van der Waals surface area contributed by atoms with E-state index in [-0.39, 0.29) is 12.4 Å². The Morgan fingerprint density at radius 2 is 1.82 bits per heavy atom. The summed E-state index contributed by atoms with van der Waals surface area (Å²) >= 11 is 0. The van der Waals surface area contributed by atoms with Crippen LogP contribution in [0.3, 0.4) is 0 Å². The van der Waals surface area contributed by atoms with Gasteiger partial charge in [0.25, 0.3) is 0 Å². The largest absolute Gasteiger partial charge is 0.353 e. The SMILES string of the molecule is Cl.O=C(NC1CCCC1)C1CC12CCNCC2. The average molecular weight is 259 g/mol. The fourth-order valence-electron chi connectivity index (χ4n) is 3.57. The number of halogens is 1. The topological polar surface area (TPSA) is 41.1 Å². The van der Waals surface area contributed by atoms with Gasteiger partial charge in [0.1, 0.15) is 0 Å². The molecule has 4 heteroatoms. The minimum atomic E-state index is 0. The first-order valence-corrected chi connectivity index (χ1v) is 6.81. The first kappa shape index (κ1) is 13.2. The second-order valence-electron chi connectivity index (χ2n) is 5.86. The van der Waals surface area contributed by atoms with Crippen molar-refractivity contribution in [2.24, 2.45) is 11.3 Å². The van der Waals surface area contributed by atoms with E-state index < -0.39 is 0 Å². The van der Waals surface area contributed by atoms with E-state index in [1.807, 2.05) is 0 Å². The maximum atomic E-state index is 12.1. The third-order valence-electron chi connectivity index (χ3n) is 4.81. The van der Waals surface area contributed by atoms with Crippen molar-refractivity contribution in [2.75, 3.05) is 13.1 Å². The van der Waals surface area contributed by atoms with Gasteiger partial charge in [0, 0.05) is 12.0 Å². The molecule has 3 rings (SSSR count). The summed E-state index contributed by atoms with van der Waals surface area (Å²) in [5.41, 5.74) is 0.397. The molecule has 3 nitrogen and oxygen atoms in total. The van der Waals surface area contributed by atoms with Crippen molar-refractivity contribution in [3.63, 3.8) is 0 Å². The molecular weight excluding hydrogens is 236 g/mol. The Kier molecular flexibility index (Phi) is 3.99. The van der Waals surface area contributed by atoms with Crippen LogP contribution in [-0.4, -0.2) is 25.0 Å². The zero-order valence-corrected chi connectivity index (χ0v) is 11.2. The second kappa shape index (κ2) is 5.15. The highest BCUT2D eigenvalue weighted by molar-refractivity contribution is 5.85. The molecule has 0 radical (unpaired) electrons. The molecule has 1 saturated heterocycles. The molecule has 0 aromatic heterocycles. The molecule has 1 aliphatic heterocycles. The Labute approximate surface area is 110 Å². The fourth-order valence-corrected chi connectivity index (χ4v) is 3.57. The van der Waals surface area contributed by atoms with Gasteiger partial charge in [-0.15, -0.1) is 12.4 Å². The summed E-state index contributed by atoms with van der Waals surface area (Å²) in [4.78, 5) is 12.1. The first-order valence-electron chi connectivity index (χ1n) is 6.81. The van der Waals surface area contributed by atoms with Gasteiger partial charge in [-0.1, -0.05) is 12.8 Å². The van der Waals surface area contributed by atoms with E-state index in [0.29, 0.717) is 23.3 Å². The standard InChI is InChI=1S/C13H22N2O.ClH/c16-12(15-10-3-1-2-4-10)11-9-13(11)5-7-14-8-6-13;/h10-11,14H,1-9H2,(H,15,16);1H. The van der Waals surface area contributed by atoms with Gasteiger partial charge < -0.3 is 10.6 Å². The van der Waals surface area contributed by atoms with Crippen LogP contribution in [0.4, 0.5) is 0 Å². The second-order valence-corrected chi connectivity index (χ2v) is 5.86. The number of carbonyl (C=O) groups is 1. The number of hydrogen-bond acceptors (Lipinski definition) is 2. The molecule has 1 atom stereocenters. The molecular formula is C13H23ClN2O. The minimum Gasteiger partial charge on any atom is -0.353 e. The van der Waals surface area contributed by atoms with Crippen LogP contribution < -0.4 is 10.6 Å². The Bertz CT molecular complexity index is 283. The number of amides is 1. The van der Waals surface area contributed by atoms with Crippen molar-refractivity contribution < 1.29 is 4.79 Å². The zero-order valence-electron chi connectivity index (χ0n) is 10.3. The van der Waals surface area contributed by atoms with Gasteiger partial charge in [0.2, 0.25) is 5.91 Å². The number of rotatable bonds is 2. The molecule has 98 valence electrons. The van der Waals surface area contributed by atoms with E-state index in [1.165, 1.54) is 38.5 Å². The first-order chi connectivity index (χ1) is 7.80. The number of hydrogen-bond donors (Lipinski definition) is 2. The molecule has 1 amide bonds. The molecule has 17 heavy (non-hydrogen) atoms. The predicted octanol–water partition coefficient (Wildman–Crippen LogP) is 1.86. The van der Waals surface area contributed by atoms with Gasteiger partial charge in [0.05, 0.1) is 0 Å². The highest BCUT2D eigenvalue weighted by atomic mass is 35.5. The normalized spacial score (nSPS) is 30.9. The molecule has 3 aliphatic rings. The van der Waals surface area contributed by atoms with Crippen LogP contribution >= 0.6 is 12.4 Å². The summed E-state index contributed by atoms with van der Waals surface area (Å²) in [6.07, 6.45) is 8.55. The van der Waals surface area contributed by atoms with Crippen molar-refractivity contribution in [3.05, 3.63) is 0 Å². The Morgan fingerprint density at radius 1 is 1.18 bits per heavy atom. The summed E-state index contributed by atoms with van der Waals surface area (Å²) in [5, 5.41) is 6.63. The summed E-state index contributed by atoms with van der Waals surface area (Å²) in [5.74, 6) is 0.698. The van der Waals surface area contributed by atoms with Crippen LogP contribution in [0.15, 0.2) is 0 Å². The van der Waals surface area contributed by atoms with E-state index in [9.17, 15) is 4.79 Å². The van der Waals surface area contributed by atoms with Crippen molar-refractivity contribution in [1.82, 2.24) is 10.6 Å². The van der Waals surface area contributed by atoms with E-state index in [4.69, 9.17) is 0 Å². The van der Waals surface area contributed by atoms with Gasteiger partial charge in [0.15, 0.2) is 0 Å². The number of piperidine rings is 1. The van der Waals surface area contributed by atoms with Crippen LogP contribution in [0, 0.1) is 11.3 Å². The Balaban J connectivity index is 0.00000108.